The van der Waals surface area contributed by atoms with Crippen LogP contribution in [0.5, 0.6) is 5.75 Å². The van der Waals surface area contributed by atoms with Crippen LogP contribution >= 0.6 is 36.1 Å². The Morgan fingerprint density at radius 2 is 1.62 bits per heavy atom. The van der Waals surface area contributed by atoms with Crippen molar-refractivity contribution in [2.75, 3.05) is 37.8 Å². The van der Waals surface area contributed by atoms with Crippen LogP contribution in [0.3, 0.4) is 0 Å². The van der Waals surface area contributed by atoms with Gasteiger partial charge in [-0.15, -0.1) is 0 Å². The van der Waals surface area contributed by atoms with Crippen LogP contribution < -0.4 is 16.4 Å². The Morgan fingerprint density at radius 1 is 0.984 bits per heavy atom. The summed E-state index contributed by atoms with van der Waals surface area (Å²) >= 11 is 3.95. The Kier molecular flexibility index (Phi) is 19.8. The van der Waals surface area contributed by atoms with Crippen LogP contribution in [-0.2, 0) is 61.9 Å². The number of ether oxygens (including phenoxy) is 1. The highest BCUT2D eigenvalue weighted by molar-refractivity contribution is 7.80. The van der Waals surface area contributed by atoms with Crippen LogP contribution in [0.15, 0.2) is 36.9 Å². The average molecular weight is 992 g/mol. The molecule has 2 aromatic heterocycles. The van der Waals surface area contributed by atoms with E-state index in [2.05, 4.69) is 47.0 Å². The number of phosphoric ester groups is 3. The number of carboxylic acid groups (broad SMARTS) is 2. The molecule has 64 heavy (non-hydrogen) atoms. The number of rotatable bonds is 23. The van der Waals surface area contributed by atoms with Crippen molar-refractivity contribution in [3.63, 3.8) is 0 Å². The number of aliphatic hydroxyl groups is 2. The minimum atomic E-state index is -5.54. The summed E-state index contributed by atoms with van der Waals surface area (Å²) in [6, 6.07) is 6.03. The number of phenolic OH excluding ortho intramolecular Hbond substituents is 1. The van der Waals surface area contributed by atoms with E-state index in [1.54, 1.807) is 12.1 Å². The SMILES string of the molecule is CC(C)(COP(=O)(O)OP(=O)(O)OC[C@H]1O[C@@H](n2cnc3c(N)ncnc32)[C@H](O)[C@@H]1OP(=O)(O)O)[C@@H](O)C(=O)NCCC(=O)NCCS.O=C(O)CC(Cc1ccc(O)cc1)C(=O)O. The van der Waals surface area contributed by atoms with Crippen LogP contribution in [0.25, 0.3) is 11.2 Å². The normalized spacial score (nSPS) is 20.5. The maximum absolute atomic E-state index is 12.6. The molecule has 3 heterocycles. The Balaban J connectivity index is 0.000000571. The Bertz CT molecular complexity index is 2230. The molecule has 0 radical (unpaired) electrons. The number of carboxylic acids is 2. The molecule has 28 nitrogen and oxygen atoms in total. The number of aliphatic hydroxyl groups excluding tert-OH is 2. The number of anilines is 1. The molecule has 1 saturated heterocycles. The number of imidazole rings is 1. The lowest BCUT2D eigenvalue weighted by Crippen LogP contribution is -2.46. The second-order valence-electron chi connectivity index (χ2n) is 14.3. The minimum absolute atomic E-state index is 0.0363. The average Bonchev–Trinajstić information content (AvgIpc) is 3.75. The van der Waals surface area contributed by atoms with E-state index in [-0.39, 0.29) is 48.0 Å². The molecule has 0 bridgehead atoms. The Labute approximate surface area is 368 Å². The molecule has 3 unspecified atom stereocenters. The fourth-order valence-electron chi connectivity index (χ4n) is 5.51. The molecule has 1 aliphatic heterocycles. The molecule has 13 N–H and O–H groups in total. The molecule has 32 heteroatoms. The van der Waals surface area contributed by atoms with Gasteiger partial charge in [0, 0.05) is 30.7 Å². The summed E-state index contributed by atoms with van der Waals surface area (Å²) in [4.78, 5) is 95.9. The third-order valence-electron chi connectivity index (χ3n) is 8.70. The van der Waals surface area contributed by atoms with Crippen molar-refractivity contribution in [1.82, 2.24) is 30.2 Å². The van der Waals surface area contributed by atoms with Gasteiger partial charge in [0.2, 0.25) is 11.8 Å². The van der Waals surface area contributed by atoms with Gasteiger partial charge < -0.3 is 66.2 Å². The van der Waals surface area contributed by atoms with E-state index in [0.717, 1.165) is 17.2 Å². The summed E-state index contributed by atoms with van der Waals surface area (Å²) in [7, 11) is -16.3. The van der Waals surface area contributed by atoms with Crippen molar-refractivity contribution in [2.24, 2.45) is 11.3 Å². The van der Waals surface area contributed by atoms with Gasteiger partial charge in [-0.3, -0.25) is 37.3 Å². The van der Waals surface area contributed by atoms with Crippen molar-refractivity contribution in [3.8, 4) is 5.75 Å². The number of nitrogens with zero attached hydrogens (tertiary/aromatic N) is 4. The van der Waals surface area contributed by atoms with Crippen molar-refractivity contribution in [1.29, 1.82) is 0 Å². The molecular formula is C32H48N7O21P3S. The third kappa shape index (κ3) is 17.0. The highest BCUT2D eigenvalue weighted by atomic mass is 32.1. The lowest BCUT2D eigenvalue weighted by molar-refractivity contribution is -0.148. The zero-order valence-corrected chi connectivity index (χ0v) is 37.2. The summed E-state index contributed by atoms with van der Waals surface area (Å²) in [5.41, 5.74) is 4.99. The largest absolute Gasteiger partial charge is 0.508 e. The van der Waals surface area contributed by atoms with Crippen molar-refractivity contribution < 1.29 is 101 Å². The maximum Gasteiger partial charge on any atom is 0.481 e. The zero-order chi connectivity index (χ0) is 48.2. The standard InChI is InChI=1S/C21H36N7O16P3S.C11H12O5/c1-21(2,16(31)19(32)24-4-3-12(29)23-5-6-48)8-41-47(38,39)44-46(36,37)40-7-11-15(43-45(33,34)35)14(30)20(42-11)28-10-27-13-17(22)25-9-26-18(13)28;12-9-3-1-7(2-4-9)5-8(11(15)16)6-10(13)14/h9-11,14-16,20,30-31,48H,3-8H2,1-2H3,(H,23,29)(H,24,32)(H,36,37)(H,38,39)(H2,22,25,26)(H2,33,34,35);1-4,8,12H,5-6H2,(H,13,14)(H,15,16)/t11-,14-,15-,16+,20-;/m1./s1. The van der Waals surface area contributed by atoms with Gasteiger partial charge in [0.25, 0.3) is 0 Å². The molecule has 358 valence electrons. The van der Waals surface area contributed by atoms with Crippen molar-refractivity contribution in [3.05, 3.63) is 42.5 Å². The number of carbonyl (C=O) groups is 4. The molecule has 1 aliphatic rings. The van der Waals surface area contributed by atoms with Gasteiger partial charge in [0.1, 0.15) is 42.0 Å². The summed E-state index contributed by atoms with van der Waals surface area (Å²) in [6.45, 7) is 0.723. The Hall–Kier alpha value is -4.15. The molecule has 8 atom stereocenters. The van der Waals surface area contributed by atoms with Gasteiger partial charge in [0.15, 0.2) is 17.7 Å². The number of benzene rings is 1. The zero-order valence-electron chi connectivity index (χ0n) is 33.7. The van der Waals surface area contributed by atoms with Crippen molar-refractivity contribution >= 4 is 76.8 Å². The number of aliphatic carboxylic acids is 2. The molecule has 2 amide bonds. The van der Waals surface area contributed by atoms with E-state index >= 15 is 0 Å². The lowest BCUT2D eigenvalue weighted by Gasteiger charge is -2.30. The molecule has 0 saturated carbocycles. The van der Waals surface area contributed by atoms with E-state index in [4.69, 9.17) is 34.8 Å². The molecular weight excluding hydrogens is 943 g/mol. The van der Waals surface area contributed by atoms with Gasteiger partial charge in [-0.05, 0) is 24.1 Å². The number of amides is 2. The number of nitrogens with two attached hydrogens (primary N) is 1. The van der Waals surface area contributed by atoms with E-state index in [0.29, 0.717) is 17.9 Å². The number of aromatic nitrogens is 4. The summed E-state index contributed by atoms with van der Waals surface area (Å²) in [5.74, 6) is -4.06. The molecule has 4 rings (SSSR count). The second-order valence-corrected chi connectivity index (χ2v) is 19.0. The Morgan fingerprint density at radius 3 is 2.22 bits per heavy atom. The summed E-state index contributed by atoms with van der Waals surface area (Å²) < 4.78 is 61.7. The number of hydrogen-bond acceptors (Lipinski definition) is 20. The van der Waals surface area contributed by atoms with Gasteiger partial charge >= 0.3 is 35.4 Å². The first-order valence-corrected chi connectivity index (χ1v) is 23.5. The number of nitrogen functional groups attached to an aromatic ring is 1. The molecule has 0 spiro atoms. The van der Waals surface area contributed by atoms with Crippen molar-refractivity contribution in [2.45, 2.75) is 63.8 Å². The smallest absolute Gasteiger partial charge is 0.481 e. The van der Waals surface area contributed by atoms with Crippen LogP contribution in [0.1, 0.15) is 38.5 Å². The number of hydrogen-bond donors (Lipinski definition) is 13. The number of thiol groups is 1. The van der Waals surface area contributed by atoms with Gasteiger partial charge in [-0.2, -0.15) is 16.9 Å². The van der Waals surface area contributed by atoms with Gasteiger partial charge in [-0.25, -0.2) is 28.6 Å². The summed E-state index contributed by atoms with van der Waals surface area (Å²) in [6.07, 6.45) is -7.01. The minimum Gasteiger partial charge on any atom is -0.508 e. The molecule has 0 aliphatic carbocycles. The van der Waals surface area contributed by atoms with E-state index in [1.165, 1.54) is 26.0 Å². The fraction of sp³-hybridized carbons (Fsp3) is 0.531. The highest BCUT2D eigenvalue weighted by Gasteiger charge is 2.50. The number of phosphoric acid groups is 3. The highest BCUT2D eigenvalue weighted by Crippen LogP contribution is 2.61. The quantitative estimate of drug-likeness (QED) is 0.0418. The topological polar surface area (TPSA) is 441 Å². The third-order valence-corrected chi connectivity index (χ3v) is 12.0. The van der Waals surface area contributed by atoms with Crippen LogP contribution in [0, 0.1) is 11.3 Å². The monoisotopic (exact) mass is 991 g/mol. The first-order valence-electron chi connectivity index (χ1n) is 18.4. The van der Waals surface area contributed by atoms with E-state index in [1.807, 2.05) is 0 Å². The van der Waals surface area contributed by atoms with E-state index in [9.17, 15) is 62.7 Å². The van der Waals surface area contributed by atoms with Crippen LogP contribution in [-0.4, -0.2) is 145 Å². The summed E-state index contributed by atoms with van der Waals surface area (Å²) in [5, 5.41) is 52.5. The van der Waals surface area contributed by atoms with Gasteiger partial charge in [0.05, 0.1) is 31.9 Å². The first-order chi connectivity index (χ1) is 29.6. The maximum atomic E-state index is 12.6. The number of fused-ring (bicyclic) bond motifs is 1. The number of phenols is 1. The number of aromatic hydroxyl groups is 1. The predicted octanol–water partition coefficient (Wildman–Crippen LogP) is -0.555. The number of nitrogens with one attached hydrogen (secondary N) is 2. The molecule has 1 aromatic carbocycles. The van der Waals surface area contributed by atoms with E-state index < -0.39 is 103 Å². The molecule has 1 fully saturated rings. The lowest BCUT2D eigenvalue weighted by atomic mass is 9.87. The van der Waals surface area contributed by atoms with Crippen LogP contribution in [0.2, 0.25) is 0 Å². The number of carbonyl (C=O) groups excluding carboxylic acids is 2. The predicted molar refractivity (Wildman–Crippen MR) is 219 cm³/mol. The first kappa shape index (κ1) is 54.2. The molecule has 3 aromatic rings. The van der Waals surface area contributed by atoms with Gasteiger partial charge in [-0.1, -0.05) is 26.0 Å². The fourth-order valence-corrected chi connectivity index (χ4v) is 8.45. The second kappa shape index (κ2) is 23.3. The van der Waals surface area contributed by atoms with Crippen LogP contribution in [0.4, 0.5) is 5.82 Å².